The lowest BCUT2D eigenvalue weighted by atomic mass is 10.2. The van der Waals surface area contributed by atoms with Gasteiger partial charge in [0.1, 0.15) is 6.07 Å². The third-order valence-corrected chi connectivity index (χ3v) is 2.90. The molecule has 1 aromatic carbocycles. The van der Waals surface area contributed by atoms with E-state index in [2.05, 4.69) is 21.6 Å². The van der Waals surface area contributed by atoms with E-state index in [-0.39, 0.29) is 5.91 Å². The lowest BCUT2D eigenvalue weighted by molar-refractivity contribution is -0.117. The molecule has 5 heteroatoms. The fraction of sp³-hybridized carbons (Fsp3) is 0.385. The molecule has 5 nitrogen and oxygen atoms in total. The average molecular weight is 244 g/mol. The average Bonchev–Trinajstić information content (AvgIpc) is 2.40. The molecular formula is C13H16N4O. The molecule has 0 unspecified atom stereocenters. The summed E-state index contributed by atoms with van der Waals surface area (Å²) in [5, 5.41) is 15.0. The predicted molar refractivity (Wildman–Crippen MR) is 69.1 cm³/mol. The third-order valence-electron chi connectivity index (χ3n) is 2.90. The smallest absolute Gasteiger partial charge is 0.238 e. The minimum absolute atomic E-state index is 0.0698. The normalized spacial score (nSPS) is 15.9. The highest BCUT2D eigenvalue weighted by Crippen LogP contribution is 2.13. The number of rotatable bonds is 3. The minimum Gasteiger partial charge on any atom is -0.324 e. The van der Waals surface area contributed by atoms with Crippen LogP contribution in [0.2, 0.25) is 0 Å². The van der Waals surface area contributed by atoms with E-state index in [9.17, 15) is 4.79 Å². The number of benzene rings is 1. The van der Waals surface area contributed by atoms with Crippen LogP contribution in [-0.2, 0) is 4.79 Å². The summed E-state index contributed by atoms with van der Waals surface area (Å²) in [5.74, 6) is -0.0698. The molecule has 1 aliphatic heterocycles. The minimum atomic E-state index is -0.0698. The maximum atomic E-state index is 11.9. The van der Waals surface area contributed by atoms with Crippen LogP contribution in [0.4, 0.5) is 5.69 Å². The Hall–Kier alpha value is -1.90. The van der Waals surface area contributed by atoms with Crippen molar-refractivity contribution in [2.24, 2.45) is 0 Å². The molecule has 0 aromatic heterocycles. The van der Waals surface area contributed by atoms with Crippen LogP contribution in [0.15, 0.2) is 24.3 Å². The van der Waals surface area contributed by atoms with E-state index in [1.807, 2.05) is 0 Å². The zero-order valence-corrected chi connectivity index (χ0v) is 10.1. The summed E-state index contributed by atoms with van der Waals surface area (Å²) in [4.78, 5) is 14.0. The van der Waals surface area contributed by atoms with Gasteiger partial charge in [0.25, 0.3) is 0 Å². The maximum absolute atomic E-state index is 11.9. The van der Waals surface area contributed by atoms with E-state index < -0.39 is 0 Å². The summed E-state index contributed by atoms with van der Waals surface area (Å²) in [6.07, 6.45) is 0. The molecule has 1 saturated heterocycles. The monoisotopic (exact) mass is 244 g/mol. The number of carbonyl (C=O) groups is 1. The van der Waals surface area contributed by atoms with Gasteiger partial charge in [-0.2, -0.15) is 5.26 Å². The van der Waals surface area contributed by atoms with Crippen LogP contribution >= 0.6 is 0 Å². The fourth-order valence-electron chi connectivity index (χ4n) is 1.95. The Morgan fingerprint density at radius 2 is 2.11 bits per heavy atom. The number of hydrogen-bond acceptors (Lipinski definition) is 4. The molecule has 0 aliphatic carbocycles. The largest absolute Gasteiger partial charge is 0.324 e. The van der Waals surface area contributed by atoms with Crippen LogP contribution in [-0.4, -0.2) is 43.5 Å². The van der Waals surface area contributed by atoms with Gasteiger partial charge in [-0.1, -0.05) is 12.1 Å². The molecule has 1 fully saturated rings. The molecular weight excluding hydrogens is 228 g/mol. The Bertz CT molecular complexity index is 460. The second-order valence-electron chi connectivity index (χ2n) is 4.23. The molecule has 0 saturated carbocycles. The van der Waals surface area contributed by atoms with Crippen molar-refractivity contribution in [1.29, 1.82) is 5.26 Å². The van der Waals surface area contributed by atoms with Crippen molar-refractivity contribution < 1.29 is 4.79 Å². The number of hydrogen-bond donors (Lipinski definition) is 2. The van der Waals surface area contributed by atoms with Crippen molar-refractivity contribution in [2.45, 2.75) is 0 Å². The van der Waals surface area contributed by atoms with Crippen molar-refractivity contribution in [3.05, 3.63) is 29.8 Å². The molecule has 1 aromatic rings. The van der Waals surface area contributed by atoms with Crippen molar-refractivity contribution in [2.75, 3.05) is 38.0 Å². The number of carbonyl (C=O) groups excluding carboxylic acids is 1. The van der Waals surface area contributed by atoms with Crippen LogP contribution in [0.3, 0.4) is 0 Å². The number of amides is 1. The Morgan fingerprint density at radius 1 is 1.39 bits per heavy atom. The van der Waals surface area contributed by atoms with Crippen LogP contribution < -0.4 is 10.6 Å². The van der Waals surface area contributed by atoms with E-state index >= 15 is 0 Å². The van der Waals surface area contributed by atoms with Crippen LogP contribution in [0.25, 0.3) is 0 Å². The van der Waals surface area contributed by atoms with Gasteiger partial charge in [-0.25, -0.2) is 0 Å². The van der Waals surface area contributed by atoms with Gasteiger partial charge in [0, 0.05) is 26.2 Å². The Kier molecular flexibility index (Phi) is 4.29. The predicted octanol–water partition coefficient (Wildman–Crippen LogP) is 0.402. The SMILES string of the molecule is N#Cc1ccccc1NC(=O)CN1CCNCC1. The number of anilines is 1. The third kappa shape index (κ3) is 3.29. The quantitative estimate of drug-likeness (QED) is 0.807. The Labute approximate surface area is 106 Å². The molecule has 2 N–H and O–H groups in total. The van der Waals surface area contributed by atoms with Crippen LogP contribution in [0.1, 0.15) is 5.56 Å². The number of nitrogens with zero attached hydrogens (tertiary/aromatic N) is 2. The molecule has 0 bridgehead atoms. The lowest BCUT2D eigenvalue weighted by Crippen LogP contribution is -2.46. The molecule has 2 rings (SSSR count). The number of piperazine rings is 1. The summed E-state index contributed by atoms with van der Waals surface area (Å²) in [5.41, 5.74) is 1.08. The topological polar surface area (TPSA) is 68.2 Å². The van der Waals surface area contributed by atoms with Gasteiger partial charge in [-0.05, 0) is 12.1 Å². The van der Waals surface area contributed by atoms with Crippen molar-refractivity contribution in [3.8, 4) is 6.07 Å². The van der Waals surface area contributed by atoms with Gasteiger partial charge in [0.05, 0.1) is 17.8 Å². The van der Waals surface area contributed by atoms with Crippen molar-refractivity contribution in [3.63, 3.8) is 0 Å². The molecule has 1 heterocycles. The second kappa shape index (κ2) is 6.15. The highest BCUT2D eigenvalue weighted by atomic mass is 16.2. The fourth-order valence-corrected chi connectivity index (χ4v) is 1.95. The molecule has 18 heavy (non-hydrogen) atoms. The molecule has 0 spiro atoms. The van der Waals surface area contributed by atoms with E-state index in [0.29, 0.717) is 17.8 Å². The molecule has 1 amide bonds. The zero-order valence-electron chi connectivity index (χ0n) is 10.1. The summed E-state index contributed by atoms with van der Waals surface area (Å²) in [6, 6.07) is 9.09. The highest BCUT2D eigenvalue weighted by molar-refractivity contribution is 5.93. The van der Waals surface area contributed by atoms with Gasteiger partial charge in [0.15, 0.2) is 0 Å². The molecule has 94 valence electrons. The van der Waals surface area contributed by atoms with Crippen LogP contribution in [0, 0.1) is 11.3 Å². The van der Waals surface area contributed by atoms with Gasteiger partial charge in [-0.3, -0.25) is 9.69 Å². The van der Waals surface area contributed by atoms with E-state index in [1.165, 1.54) is 0 Å². The van der Waals surface area contributed by atoms with E-state index in [4.69, 9.17) is 5.26 Å². The molecule has 1 aliphatic rings. The molecule has 0 atom stereocenters. The van der Waals surface area contributed by atoms with Gasteiger partial charge >= 0.3 is 0 Å². The first-order chi connectivity index (χ1) is 8.79. The summed E-state index contributed by atoms with van der Waals surface area (Å²) in [6.45, 7) is 3.98. The first kappa shape index (κ1) is 12.6. The zero-order chi connectivity index (χ0) is 12.8. The van der Waals surface area contributed by atoms with E-state index in [0.717, 1.165) is 26.2 Å². The number of nitriles is 1. The Balaban J connectivity index is 1.92. The van der Waals surface area contributed by atoms with E-state index in [1.54, 1.807) is 24.3 Å². The van der Waals surface area contributed by atoms with Gasteiger partial charge in [0.2, 0.25) is 5.91 Å². The standard InChI is InChI=1S/C13H16N4O/c14-9-11-3-1-2-4-12(11)16-13(18)10-17-7-5-15-6-8-17/h1-4,15H,5-8,10H2,(H,16,18). The maximum Gasteiger partial charge on any atom is 0.238 e. The first-order valence-electron chi connectivity index (χ1n) is 6.01. The first-order valence-corrected chi connectivity index (χ1v) is 6.01. The number of nitrogens with one attached hydrogen (secondary N) is 2. The number of para-hydroxylation sites is 1. The van der Waals surface area contributed by atoms with Gasteiger partial charge < -0.3 is 10.6 Å². The summed E-state index contributed by atoms with van der Waals surface area (Å²) in [7, 11) is 0. The van der Waals surface area contributed by atoms with Crippen molar-refractivity contribution >= 4 is 11.6 Å². The Morgan fingerprint density at radius 3 is 2.83 bits per heavy atom. The summed E-state index contributed by atoms with van der Waals surface area (Å²) < 4.78 is 0. The lowest BCUT2D eigenvalue weighted by Gasteiger charge is -2.26. The van der Waals surface area contributed by atoms with Crippen molar-refractivity contribution in [1.82, 2.24) is 10.2 Å². The van der Waals surface area contributed by atoms with Gasteiger partial charge in [-0.15, -0.1) is 0 Å². The summed E-state index contributed by atoms with van der Waals surface area (Å²) >= 11 is 0. The second-order valence-corrected chi connectivity index (χ2v) is 4.23. The molecule has 0 radical (unpaired) electrons. The van der Waals surface area contributed by atoms with Crippen LogP contribution in [0.5, 0.6) is 0 Å². The highest BCUT2D eigenvalue weighted by Gasteiger charge is 2.14.